The van der Waals surface area contributed by atoms with Gasteiger partial charge in [-0.3, -0.25) is 0 Å². The Morgan fingerprint density at radius 2 is 1.48 bits per heavy atom. The van der Waals surface area contributed by atoms with Crippen LogP contribution in [0.25, 0.3) is 0 Å². The maximum Gasteiger partial charge on any atom is 0.221 e. The Morgan fingerprint density at radius 3 is 2.19 bits per heavy atom. The molecular formula is C18H18O2S. The number of aliphatic hydroxyl groups is 1. The van der Waals surface area contributed by atoms with Crippen LogP contribution in [-0.4, -0.2) is 16.6 Å². The molecule has 0 aliphatic carbocycles. The second kappa shape index (κ2) is 4.87. The Morgan fingerprint density at radius 1 is 0.857 bits per heavy atom. The van der Waals surface area contributed by atoms with Gasteiger partial charge in [0.15, 0.2) is 0 Å². The summed E-state index contributed by atoms with van der Waals surface area (Å²) in [4.78, 5) is 0. The third kappa shape index (κ3) is 1.95. The average molecular weight is 298 g/mol. The molecule has 1 spiro atoms. The number of hydrogen-bond acceptors (Lipinski definition) is 3. The molecule has 21 heavy (non-hydrogen) atoms. The lowest BCUT2D eigenvalue weighted by atomic mass is 9.85. The molecule has 4 rings (SSSR count). The smallest absolute Gasteiger partial charge is 0.221 e. The standard InChI is InChI=1S/C18H18O2S/c19-18(14-6-2-1-3-7-14)16-9-5-4-8-15(16)17(20-18)10-12-21-13-11-17/h1-9,19H,10-13H2. The molecule has 0 radical (unpaired) electrons. The minimum atomic E-state index is -1.32. The first-order valence-electron chi connectivity index (χ1n) is 7.40. The predicted octanol–water partition coefficient (Wildman–Crippen LogP) is 3.63. The van der Waals surface area contributed by atoms with Crippen LogP contribution in [0.5, 0.6) is 0 Å². The Bertz CT molecular complexity index is 649. The molecular weight excluding hydrogens is 280 g/mol. The van der Waals surface area contributed by atoms with Crippen LogP contribution < -0.4 is 0 Å². The fraction of sp³-hybridized carbons (Fsp3) is 0.333. The fourth-order valence-corrected chi connectivity index (χ4v) is 4.67. The second-order valence-electron chi connectivity index (χ2n) is 5.76. The number of benzene rings is 2. The van der Waals surface area contributed by atoms with Gasteiger partial charge in [0.1, 0.15) is 0 Å². The summed E-state index contributed by atoms with van der Waals surface area (Å²) < 4.78 is 6.38. The van der Waals surface area contributed by atoms with Gasteiger partial charge in [-0.15, -0.1) is 0 Å². The second-order valence-corrected chi connectivity index (χ2v) is 6.99. The zero-order valence-corrected chi connectivity index (χ0v) is 12.6. The summed E-state index contributed by atoms with van der Waals surface area (Å²) in [5.41, 5.74) is 2.55. The lowest BCUT2D eigenvalue weighted by Gasteiger charge is -2.36. The van der Waals surface area contributed by atoms with Crippen molar-refractivity contribution in [2.45, 2.75) is 24.2 Å². The molecule has 2 aromatic carbocycles. The first-order valence-corrected chi connectivity index (χ1v) is 8.56. The summed E-state index contributed by atoms with van der Waals surface area (Å²) in [5.74, 6) is 0.846. The summed E-state index contributed by atoms with van der Waals surface area (Å²) in [6.07, 6.45) is 1.92. The van der Waals surface area contributed by atoms with Gasteiger partial charge in [-0.1, -0.05) is 54.6 Å². The summed E-state index contributed by atoms with van der Waals surface area (Å²) >= 11 is 1.96. The minimum absolute atomic E-state index is 0.327. The van der Waals surface area contributed by atoms with Crippen molar-refractivity contribution in [3.63, 3.8) is 0 Å². The number of ether oxygens (including phenoxy) is 1. The van der Waals surface area contributed by atoms with Crippen molar-refractivity contribution in [3.8, 4) is 0 Å². The van der Waals surface area contributed by atoms with Gasteiger partial charge in [-0.2, -0.15) is 11.8 Å². The van der Waals surface area contributed by atoms with E-state index in [2.05, 4.69) is 6.07 Å². The Hall–Kier alpha value is -1.29. The van der Waals surface area contributed by atoms with Crippen LogP contribution in [0.1, 0.15) is 29.5 Å². The maximum atomic E-state index is 11.3. The van der Waals surface area contributed by atoms with Crippen molar-refractivity contribution in [2.75, 3.05) is 11.5 Å². The van der Waals surface area contributed by atoms with E-state index in [1.165, 1.54) is 0 Å². The van der Waals surface area contributed by atoms with E-state index in [1.54, 1.807) is 0 Å². The summed E-state index contributed by atoms with van der Waals surface area (Å²) in [6.45, 7) is 0. The summed E-state index contributed by atoms with van der Waals surface area (Å²) in [5, 5.41) is 11.3. The third-order valence-corrected chi connectivity index (χ3v) is 5.58. The largest absolute Gasteiger partial charge is 0.358 e. The average Bonchev–Trinajstić information content (AvgIpc) is 2.80. The molecule has 108 valence electrons. The van der Waals surface area contributed by atoms with Crippen LogP contribution in [0, 0.1) is 0 Å². The van der Waals surface area contributed by atoms with Crippen molar-refractivity contribution in [2.24, 2.45) is 0 Å². The molecule has 2 heterocycles. The van der Waals surface area contributed by atoms with Gasteiger partial charge in [0.05, 0.1) is 5.60 Å². The molecule has 0 saturated carbocycles. The van der Waals surface area contributed by atoms with Crippen molar-refractivity contribution in [1.29, 1.82) is 0 Å². The van der Waals surface area contributed by atoms with E-state index < -0.39 is 5.79 Å². The van der Waals surface area contributed by atoms with E-state index in [0.29, 0.717) is 0 Å². The first-order chi connectivity index (χ1) is 10.2. The van der Waals surface area contributed by atoms with Gasteiger partial charge in [0.2, 0.25) is 5.79 Å². The number of hydrogen-bond donors (Lipinski definition) is 1. The van der Waals surface area contributed by atoms with Gasteiger partial charge in [-0.25, -0.2) is 0 Å². The zero-order valence-electron chi connectivity index (χ0n) is 11.8. The number of thioether (sulfide) groups is 1. The highest BCUT2D eigenvalue weighted by Crippen LogP contribution is 2.54. The van der Waals surface area contributed by atoms with Gasteiger partial charge < -0.3 is 9.84 Å². The van der Waals surface area contributed by atoms with E-state index >= 15 is 0 Å². The van der Waals surface area contributed by atoms with Gasteiger partial charge in [0, 0.05) is 11.1 Å². The first kappa shape index (κ1) is 13.4. The topological polar surface area (TPSA) is 29.5 Å². The van der Waals surface area contributed by atoms with Crippen LogP contribution in [-0.2, 0) is 16.1 Å². The Labute approximate surface area is 129 Å². The van der Waals surface area contributed by atoms with Crippen LogP contribution >= 0.6 is 11.8 Å². The monoisotopic (exact) mass is 298 g/mol. The van der Waals surface area contributed by atoms with Crippen LogP contribution in [0.4, 0.5) is 0 Å². The molecule has 2 aromatic rings. The molecule has 2 aliphatic heterocycles. The normalized spacial score (nSPS) is 26.7. The number of rotatable bonds is 1. The fourth-order valence-electron chi connectivity index (χ4n) is 3.52. The highest BCUT2D eigenvalue weighted by atomic mass is 32.2. The van der Waals surface area contributed by atoms with E-state index in [0.717, 1.165) is 41.0 Å². The SMILES string of the molecule is OC1(c2ccccc2)OC2(CCSCC2)c2ccccc21. The lowest BCUT2D eigenvalue weighted by molar-refractivity contribution is -0.235. The van der Waals surface area contributed by atoms with Crippen molar-refractivity contribution < 1.29 is 9.84 Å². The third-order valence-electron chi connectivity index (χ3n) is 4.59. The molecule has 2 aliphatic rings. The molecule has 1 N–H and O–H groups in total. The van der Waals surface area contributed by atoms with E-state index in [9.17, 15) is 5.11 Å². The Balaban J connectivity index is 1.88. The molecule has 1 unspecified atom stereocenters. The van der Waals surface area contributed by atoms with Crippen LogP contribution in [0.15, 0.2) is 54.6 Å². The summed E-state index contributed by atoms with van der Waals surface area (Å²) in [7, 11) is 0. The molecule has 0 amide bonds. The molecule has 0 aromatic heterocycles. The number of fused-ring (bicyclic) bond motifs is 2. The molecule has 1 atom stereocenters. The highest BCUT2D eigenvalue weighted by molar-refractivity contribution is 7.99. The predicted molar refractivity (Wildman–Crippen MR) is 85.2 cm³/mol. The quantitative estimate of drug-likeness (QED) is 0.872. The van der Waals surface area contributed by atoms with Gasteiger partial charge in [-0.05, 0) is 29.9 Å². The van der Waals surface area contributed by atoms with Crippen LogP contribution in [0.2, 0.25) is 0 Å². The van der Waals surface area contributed by atoms with E-state index in [-0.39, 0.29) is 5.60 Å². The lowest BCUT2D eigenvalue weighted by Crippen LogP contribution is -2.36. The van der Waals surface area contributed by atoms with Crippen LogP contribution in [0.3, 0.4) is 0 Å². The molecule has 1 saturated heterocycles. The molecule has 3 heteroatoms. The van der Waals surface area contributed by atoms with Gasteiger partial charge in [0.25, 0.3) is 0 Å². The Kier molecular flexibility index (Phi) is 3.10. The highest BCUT2D eigenvalue weighted by Gasteiger charge is 2.53. The van der Waals surface area contributed by atoms with Crippen molar-refractivity contribution in [1.82, 2.24) is 0 Å². The summed E-state index contributed by atoms with van der Waals surface area (Å²) in [6, 6.07) is 17.9. The van der Waals surface area contributed by atoms with Crippen molar-refractivity contribution >= 4 is 11.8 Å². The minimum Gasteiger partial charge on any atom is -0.358 e. The maximum absolute atomic E-state index is 11.3. The molecule has 2 nitrogen and oxygen atoms in total. The van der Waals surface area contributed by atoms with Crippen molar-refractivity contribution in [3.05, 3.63) is 71.3 Å². The molecule has 1 fully saturated rings. The van der Waals surface area contributed by atoms with E-state index in [4.69, 9.17) is 4.74 Å². The van der Waals surface area contributed by atoms with Gasteiger partial charge >= 0.3 is 0 Å². The zero-order chi connectivity index (χ0) is 14.3. The van der Waals surface area contributed by atoms with E-state index in [1.807, 2.05) is 60.3 Å². The molecule has 0 bridgehead atoms.